The predicted molar refractivity (Wildman–Crippen MR) is 146 cm³/mol. The van der Waals surface area contributed by atoms with Crippen molar-refractivity contribution in [3.8, 4) is 46.1 Å². The zero-order valence-electron chi connectivity index (χ0n) is 19.7. The first-order chi connectivity index (χ1) is 18.2. The van der Waals surface area contributed by atoms with Crippen molar-refractivity contribution in [3.63, 3.8) is 0 Å². The van der Waals surface area contributed by atoms with Crippen molar-refractivity contribution in [3.05, 3.63) is 126 Å². The average Bonchev–Trinajstić information content (AvgIpc) is 3.29. The predicted octanol–water partition coefficient (Wildman–Crippen LogP) is 7.73. The van der Waals surface area contributed by atoms with Crippen LogP contribution in [0.25, 0.3) is 49.7 Å². The summed E-state index contributed by atoms with van der Waals surface area (Å²) in [6.45, 7) is 0. The second-order valence-corrected chi connectivity index (χ2v) is 8.74. The molecule has 0 saturated carbocycles. The number of nitriles is 3. The first kappa shape index (κ1) is 21.9. The van der Waals surface area contributed by atoms with Crippen molar-refractivity contribution >= 4 is 21.8 Å². The van der Waals surface area contributed by atoms with E-state index in [9.17, 15) is 15.8 Å². The lowest BCUT2D eigenvalue weighted by molar-refractivity contribution is 1.18. The summed E-state index contributed by atoms with van der Waals surface area (Å²) in [5, 5.41) is 31.3. The molecule has 1 heterocycles. The average molecular weight is 471 g/mol. The second-order valence-electron chi connectivity index (χ2n) is 8.74. The Kier molecular flexibility index (Phi) is 5.24. The monoisotopic (exact) mass is 470 g/mol. The number of hydrogen-bond acceptors (Lipinski definition) is 3. The van der Waals surface area contributed by atoms with Crippen LogP contribution in [-0.2, 0) is 0 Å². The molecule has 6 rings (SSSR count). The lowest BCUT2D eigenvalue weighted by Crippen LogP contribution is -1.95. The summed E-state index contributed by atoms with van der Waals surface area (Å²) >= 11 is 0. The molecule has 0 fully saturated rings. The summed E-state index contributed by atoms with van der Waals surface area (Å²) in [5.41, 5.74) is 7.86. The van der Waals surface area contributed by atoms with Gasteiger partial charge in [-0.05, 0) is 59.2 Å². The molecule has 0 aliphatic rings. The molecule has 0 unspecified atom stereocenters. The van der Waals surface area contributed by atoms with Crippen molar-refractivity contribution in [2.24, 2.45) is 0 Å². The lowest BCUT2D eigenvalue weighted by Gasteiger charge is -2.11. The molecular formula is C33H18N4. The summed E-state index contributed by atoms with van der Waals surface area (Å²) in [7, 11) is 0. The van der Waals surface area contributed by atoms with Gasteiger partial charge >= 0.3 is 0 Å². The van der Waals surface area contributed by atoms with Gasteiger partial charge in [0.1, 0.15) is 0 Å². The molecule has 6 aromatic rings. The van der Waals surface area contributed by atoms with Gasteiger partial charge in [0.2, 0.25) is 0 Å². The van der Waals surface area contributed by atoms with E-state index in [-0.39, 0.29) is 0 Å². The van der Waals surface area contributed by atoms with Crippen LogP contribution in [0.1, 0.15) is 16.7 Å². The first-order valence-electron chi connectivity index (χ1n) is 11.8. The van der Waals surface area contributed by atoms with E-state index in [0.717, 1.165) is 44.2 Å². The van der Waals surface area contributed by atoms with Crippen LogP contribution in [0.5, 0.6) is 0 Å². The summed E-state index contributed by atoms with van der Waals surface area (Å²) in [6, 6.07) is 42.1. The van der Waals surface area contributed by atoms with Crippen molar-refractivity contribution in [1.82, 2.24) is 4.57 Å². The SMILES string of the molecule is N#Cc1ccccc1-c1ccc2c3ccc(-c4c(C#N)cccc4C#N)cc3n(-c3ccccc3)c2c1. The maximum absolute atomic E-state index is 9.75. The Morgan fingerprint density at radius 1 is 0.486 bits per heavy atom. The van der Waals surface area contributed by atoms with E-state index in [1.54, 1.807) is 18.2 Å². The third-order valence-corrected chi connectivity index (χ3v) is 6.73. The van der Waals surface area contributed by atoms with Crippen molar-refractivity contribution in [2.45, 2.75) is 0 Å². The van der Waals surface area contributed by atoms with Gasteiger partial charge in [-0.2, -0.15) is 15.8 Å². The van der Waals surface area contributed by atoms with Crippen LogP contribution in [-0.4, -0.2) is 4.57 Å². The van der Waals surface area contributed by atoms with E-state index in [2.05, 4.69) is 65.2 Å². The molecule has 0 bridgehead atoms. The summed E-state index contributed by atoms with van der Waals surface area (Å²) in [4.78, 5) is 0. The van der Waals surface area contributed by atoms with Crippen LogP contribution in [0.4, 0.5) is 0 Å². The second kappa shape index (κ2) is 8.86. The minimum Gasteiger partial charge on any atom is -0.309 e. The lowest BCUT2D eigenvalue weighted by atomic mass is 9.94. The Hall–Kier alpha value is -5.63. The highest BCUT2D eigenvalue weighted by atomic mass is 15.0. The van der Waals surface area contributed by atoms with Gasteiger partial charge in [-0.15, -0.1) is 0 Å². The topological polar surface area (TPSA) is 76.3 Å². The molecule has 4 heteroatoms. The van der Waals surface area contributed by atoms with Crippen LogP contribution >= 0.6 is 0 Å². The van der Waals surface area contributed by atoms with Crippen molar-refractivity contribution < 1.29 is 0 Å². The van der Waals surface area contributed by atoms with E-state index < -0.39 is 0 Å². The van der Waals surface area contributed by atoms with E-state index in [0.29, 0.717) is 22.3 Å². The highest BCUT2D eigenvalue weighted by molar-refractivity contribution is 6.11. The van der Waals surface area contributed by atoms with Gasteiger partial charge in [0.25, 0.3) is 0 Å². The molecule has 0 aliphatic heterocycles. The van der Waals surface area contributed by atoms with Crippen LogP contribution < -0.4 is 0 Å². The van der Waals surface area contributed by atoms with Crippen LogP contribution in [0.3, 0.4) is 0 Å². The van der Waals surface area contributed by atoms with Gasteiger partial charge in [-0.3, -0.25) is 0 Å². The summed E-state index contributed by atoms with van der Waals surface area (Å²) in [6.07, 6.45) is 0. The number of aromatic nitrogens is 1. The number of rotatable bonds is 3. The number of benzene rings is 5. The van der Waals surface area contributed by atoms with Crippen LogP contribution in [0.2, 0.25) is 0 Å². The fourth-order valence-corrected chi connectivity index (χ4v) is 5.08. The first-order valence-corrected chi connectivity index (χ1v) is 11.8. The quantitative estimate of drug-likeness (QED) is 0.265. The Balaban J connectivity index is 1.70. The zero-order chi connectivity index (χ0) is 25.4. The normalized spacial score (nSPS) is 10.6. The van der Waals surface area contributed by atoms with E-state index >= 15 is 0 Å². The van der Waals surface area contributed by atoms with Gasteiger partial charge in [0.15, 0.2) is 0 Å². The number of fused-ring (bicyclic) bond motifs is 3. The number of para-hydroxylation sites is 1. The largest absolute Gasteiger partial charge is 0.309 e. The van der Waals surface area contributed by atoms with Gasteiger partial charge in [-0.1, -0.05) is 66.7 Å². The summed E-state index contributed by atoms with van der Waals surface area (Å²) in [5.74, 6) is 0. The Morgan fingerprint density at radius 3 is 1.68 bits per heavy atom. The Labute approximate surface area is 214 Å². The van der Waals surface area contributed by atoms with Crippen molar-refractivity contribution in [1.29, 1.82) is 15.8 Å². The fraction of sp³-hybridized carbons (Fsp3) is 0. The number of nitrogens with zero attached hydrogens (tertiary/aromatic N) is 4. The van der Waals surface area contributed by atoms with E-state index in [4.69, 9.17) is 0 Å². The smallest absolute Gasteiger partial charge is 0.0998 e. The van der Waals surface area contributed by atoms with Gasteiger partial charge in [0, 0.05) is 22.0 Å². The fourth-order valence-electron chi connectivity index (χ4n) is 5.08. The third kappa shape index (κ3) is 3.52. The molecule has 0 N–H and O–H groups in total. The molecule has 170 valence electrons. The minimum atomic E-state index is 0.469. The molecule has 4 nitrogen and oxygen atoms in total. The van der Waals surface area contributed by atoms with Gasteiger partial charge in [-0.25, -0.2) is 0 Å². The molecule has 0 saturated heterocycles. The number of hydrogen-bond donors (Lipinski definition) is 0. The minimum absolute atomic E-state index is 0.469. The highest BCUT2D eigenvalue weighted by Gasteiger charge is 2.17. The third-order valence-electron chi connectivity index (χ3n) is 6.73. The Morgan fingerprint density at radius 2 is 1.03 bits per heavy atom. The maximum atomic E-state index is 9.75. The molecule has 5 aromatic carbocycles. The molecule has 1 aromatic heterocycles. The molecule has 0 aliphatic carbocycles. The van der Waals surface area contributed by atoms with Gasteiger partial charge < -0.3 is 4.57 Å². The standard InChI is InChI=1S/C33H18N4/c34-19-24-7-4-5-12-28(24)22-13-15-29-30-16-14-23(33-25(20-35)8-6-9-26(33)21-36)18-32(30)37(31(29)17-22)27-10-2-1-3-11-27/h1-18H. The molecular weight excluding hydrogens is 452 g/mol. The molecule has 0 amide bonds. The Bertz CT molecular complexity index is 1930. The van der Waals surface area contributed by atoms with E-state index in [1.807, 2.05) is 48.5 Å². The van der Waals surface area contributed by atoms with E-state index in [1.165, 1.54) is 0 Å². The van der Waals surface area contributed by atoms with Crippen LogP contribution in [0, 0.1) is 34.0 Å². The molecule has 0 atom stereocenters. The molecule has 0 radical (unpaired) electrons. The van der Waals surface area contributed by atoms with Crippen molar-refractivity contribution in [2.75, 3.05) is 0 Å². The summed E-state index contributed by atoms with van der Waals surface area (Å²) < 4.78 is 2.20. The van der Waals surface area contributed by atoms with Crippen LogP contribution in [0.15, 0.2) is 109 Å². The maximum Gasteiger partial charge on any atom is 0.0998 e. The zero-order valence-corrected chi connectivity index (χ0v) is 19.7. The van der Waals surface area contributed by atoms with Gasteiger partial charge in [0.05, 0.1) is 45.9 Å². The molecule has 0 spiro atoms. The molecule has 37 heavy (non-hydrogen) atoms. The highest BCUT2D eigenvalue weighted by Crippen LogP contribution is 2.38.